The molecule has 0 spiro atoms. The van der Waals surface area contributed by atoms with Gasteiger partial charge in [-0.2, -0.15) is 0 Å². The van der Waals surface area contributed by atoms with Gasteiger partial charge in [0.15, 0.2) is 6.23 Å². The van der Waals surface area contributed by atoms with Gasteiger partial charge in [-0.25, -0.2) is 9.97 Å². The largest absolute Gasteiger partial charge is 0.388 e. The molecule has 0 aromatic carbocycles. The van der Waals surface area contributed by atoms with Crippen molar-refractivity contribution in [2.24, 2.45) is 0 Å². The molecule has 0 amide bonds. The van der Waals surface area contributed by atoms with E-state index in [0.29, 0.717) is 29.7 Å². The van der Waals surface area contributed by atoms with Gasteiger partial charge in [0.25, 0.3) is 0 Å². The van der Waals surface area contributed by atoms with Crippen molar-refractivity contribution in [3.8, 4) is 0 Å². The highest BCUT2D eigenvalue weighted by atomic mass is 31.2. The van der Waals surface area contributed by atoms with Gasteiger partial charge in [0.2, 0.25) is 0 Å². The summed E-state index contributed by atoms with van der Waals surface area (Å²) < 4.78 is 25.9. The molecule has 2 aromatic rings. The van der Waals surface area contributed by atoms with Gasteiger partial charge >= 0.3 is 7.60 Å². The monoisotopic (exact) mass is 442 g/mol. The van der Waals surface area contributed by atoms with Crippen LogP contribution < -0.4 is 5.73 Å². The van der Waals surface area contributed by atoms with Crippen LogP contribution in [0.25, 0.3) is 11.0 Å². The van der Waals surface area contributed by atoms with Gasteiger partial charge in [0, 0.05) is 12.6 Å². The number of nitrogens with zero attached hydrogens (tertiary/aromatic N) is 3. The maximum Gasteiger partial charge on any atom is 0.331 e. The van der Waals surface area contributed by atoms with Crippen LogP contribution in [0.4, 0.5) is 5.82 Å². The Labute approximate surface area is 175 Å². The van der Waals surface area contributed by atoms with E-state index >= 15 is 0 Å². The van der Waals surface area contributed by atoms with Gasteiger partial charge in [-0.3, -0.25) is 4.57 Å². The fourth-order valence-corrected chi connectivity index (χ4v) is 4.88. The first kappa shape index (κ1) is 23.1. The van der Waals surface area contributed by atoms with Crippen LogP contribution in [-0.2, 0) is 13.8 Å². The molecule has 10 nitrogen and oxygen atoms in total. The average Bonchev–Trinajstić information content (AvgIpc) is 3.24. The highest BCUT2D eigenvalue weighted by molar-refractivity contribution is 7.53. The van der Waals surface area contributed by atoms with E-state index in [0.717, 1.165) is 0 Å². The summed E-state index contributed by atoms with van der Waals surface area (Å²) in [7, 11) is -3.85. The Balaban J connectivity index is 1.86. The molecule has 1 aliphatic heterocycles. The number of rotatable bonds is 8. The second-order valence-corrected chi connectivity index (χ2v) is 10.5. The maximum atomic E-state index is 12.5. The van der Waals surface area contributed by atoms with Gasteiger partial charge in [0.1, 0.15) is 30.0 Å². The highest BCUT2D eigenvalue weighted by Crippen LogP contribution is 2.53. The first-order valence-electron chi connectivity index (χ1n) is 10.2. The molecule has 1 fully saturated rings. The van der Waals surface area contributed by atoms with Crippen molar-refractivity contribution in [3.05, 3.63) is 18.6 Å². The van der Waals surface area contributed by atoms with Crippen molar-refractivity contribution >= 4 is 24.4 Å². The number of nitrogens with two attached hydrogens (primary N) is 1. The summed E-state index contributed by atoms with van der Waals surface area (Å²) in [5.74, 6) is 0.306. The number of nitrogen functional groups attached to an aromatic ring is 1. The Morgan fingerprint density at radius 1 is 1.30 bits per heavy atom. The molecule has 168 valence electrons. The molecule has 0 bridgehead atoms. The topological polar surface area (TPSA) is 153 Å². The third-order valence-electron chi connectivity index (χ3n) is 5.99. The van der Waals surface area contributed by atoms with Crippen molar-refractivity contribution in [1.29, 1.82) is 0 Å². The van der Waals surface area contributed by atoms with Crippen molar-refractivity contribution in [2.45, 2.75) is 82.8 Å². The smallest absolute Gasteiger partial charge is 0.331 e. The Hall–Kier alpha value is -1.55. The van der Waals surface area contributed by atoms with Crippen molar-refractivity contribution < 1.29 is 28.9 Å². The van der Waals surface area contributed by atoms with Crippen LogP contribution in [0.15, 0.2) is 18.6 Å². The molecular formula is C19H31N4O6P. The number of hydrogen-bond donors (Lipinski definition) is 4. The van der Waals surface area contributed by atoms with Crippen LogP contribution in [-0.4, -0.2) is 59.2 Å². The zero-order valence-corrected chi connectivity index (χ0v) is 18.6. The summed E-state index contributed by atoms with van der Waals surface area (Å²) in [5, 5.41) is 22.0. The number of aliphatic hydroxyl groups is 2. The van der Waals surface area contributed by atoms with E-state index in [1.165, 1.54) is 6.33 Å². The summed E-state index contributed by atoms with van der Waals surface area (Å²) in [6.07, 6.45) is -0.0760. The van der Waals surface area contributed by atoms with E-state index in [1.807, 2.05) is 13.8 Å². The number of aromatic nitrogens is 3. The van der Waals surface area contributed by atoms with Gasteiger partial charge < -0.3 is 34.7 Å². The molecule has 30 heavy (non-hydrogen) atoms. The molecule has 0 saturated carbocycles. The predicted octanol–water partition coefficient (Wildman–Crippen LogP) is 2.19. The zero-order valence-electron chi connectivity index (χ0n) is 17.7. The zero-order chi connectivity index (χ0) is 22.3. The summed E-state index contributed by atoms with van der Waals surface area (Å²) >= 11 is 0. The molecule has 0 aliphatic carbocycles. The quantitative estimate of drug-likeness (QED) is 0.451. The minimum absolute atomic E-state index is 0.155. The van der Waals surface area contributed by atoms with Crippen LogP contribution in [0.2, 0.25) is 0 Å². The second kappa shape index (κ2) is 8.53. The number of anilines is 1. The fourth-order valence-electron chi connectivity index (χ4n) is 3.78. The molecule has 3 rings (SSSR count). The minimum atomic E-state index is -3.85. The van der Waals surface area contributed by atoms with Crippen LogP contribution in [0.1, 0.15) is 53.2 Å². The van der Waals surface area contributed by atoms with E-state index in [1.54, 1.807) is 30.7 Å². The molecule has 1 saturated heterocycles. The van der Waals surface area contributed by atoms with E-state index in [-0.39, 0.29) is 6.42 Å². The van der Waals surface area contributed by atoms with Gasteiger partial charge in [-0.15, -0.1) is 0 Å². The van der Waals surface area contributed by atoms with Gasteiger partial charge in [0.05, 0.1) is 22.8 Å². The van der Waals surface area contributed by atoms with E-state index < -0.39 is 43.4 Å². The summed E-state index contributed by atoms with van der Waals surface area (Å²) in [4.78, 5) is 18.4. The molecular weight excluding hydrogens is 411 g/mol. The number of aliphatic hydroxyl groups excluding tert-OH is 2. The van der Waals surface area contributed by atoms with Crippen LogP contribution in [0, 0.1) is 0 Å². The minimum Gasteiger partial charge on any atom is -0.388 e. The summed E-state index contributed by atoms with van der Waals surface area (Å²) in [5.41, 5.74) is 4.83. The molecule has 2 aromatic heterocycles. The van der Waals surface area contributed by atoms with E-state index in [2.05, 4.69) is 9.97 Å². The molecule has 5 N–H and O–H groups in total. The highest BCUT2D eigenvalue weighted by Gasteiger charge is 2.49. The molecule has 1 aliphatic rings. The van der Waals surface area contributed by atoms with Crippen molar-refractivity contribution in [1.82, 2.24) is 14.5 Å². The third-order valence-corrected chi connectivity index (χ3v) is 7.94. The standard InChI is InChI=1S/C19H31N4O6P/c1-5-19(6-2,29-30(26,27)11(3)4)9-13-14(24)15(25)18(28-13)23-8-7-12-16(20)21-10-22-17(12)23/h7-8,10-11,13-15,18,24-25H,5-6,9H2,1-4H3,(H,26,27)(H2,20,21,22). The number of ether oxygens (including phenoxy) is 1. The first-order chi connectivity index (χ1) is 14.0. The molecule has 0 radical (unpaired) electrons. The molecule has 5 atom stereocenters. The van der Waals surface area contributed by atoms with Crippen molar-refractivity contribution in [2.75, 3.05) is 5.73 Å². The fraction of sp³-hybridized carbons (Fsp3) is 0.684. The first-order valence-corrected chi connectivity index (χ1v) is 11.8. The Morgan fingerprint density at radius 3 is 2.57 bits per heavy atom. The van der Waals surface area contributed by atoms with E-state index in [4.69, 9.17) is 15.0 Å². The average molecular weight is 442 g/mol. The van der Waals surface area contributed by atoms with Crippen LogP contribution in [0.3, 0.4) is 0 Å². The lowest BCUT2D eigenvalue weighted by atomic mass is 9.88. The van der Waals surface area contributed by atoms with Gasteiger partial charge in [-0.05, 0) is 18.9 Å². The lowest BCUT2D eigenvalue weighted by Gasteiger charge is -2.37. The van der Waals surface area contributed by atoms with Crippen LogP contribution >= 0.6 is 7.60 Å². The SMILES string of the molecule is CCC(CC)(CC1OC(n2ccc3c(N)ncnc32)C(O)C1O)OP(=O)(O)C(C)C. The molecule has 5 unspecified atom stereocenters. The van der Waals surface area contributed by atoms with Crippen LogP contribution in [0.5, 0.6) is 0 Å². The number of hydrogen-bond acceptors (Lipinski definition) is 8. The van der Waals surface area contributed by atoms with E-state index in [9.17, 15) is 19.7 Å². The normalized spacial score (nSPS) is 27.1. The van der Waals surface area contributed by atoms with Gasteiger partial charge in [-0.1, -0.05) is 27.7 Å². The second-order valence-electron chi connectivity index (χ2n) is 8.11. The predicted molar refractivity (Wildman–Crippen MR) is 112 cm³/mol. The number of fused-ring (bicyclic) bond motifs is 1. The lowest BCUT2D eigenvalue weighted by molar-refractivity contribution is -0.0711. The Bertz CT molecular complexity index is 931. The Morgan fingerprint density at radius 2 is 1.97 bits per heavy atom. The molecule has 11 heteroatoms. The summed E-state index contributed by atoms with van der Waals surface area (Å²) in [6, 6.07) is 1.72. The maximum absolute atomic E-state index is 12.5. The van der Waals surface area contributed by atoms with Crippen molar-refractivity contribution in [3.63, 3.8) is 0 Å². The lowest BCUT2D eigenvalue weighted by Crippen LogP contribution is -2.40. The Kier molecular flexibility index (Phi) is 6.57. The third kappa shape index (κ3) is 4.12. The molecule has 3 heterocycles. The summed E-state index contributed by atoms with van der Waals surface area (Å²) in [6.45, 7) is 6.97.